The molecule has 1 unspecified atom stereocenters. The summed E-state index contributed by atoms with van der Waals surface area (Å²) in [5, 5.41) is 3.44. The topological polar surface area (TPSA) is 24.9 Å². The SMILES string of the molecule is CCNC(c1cncc(C)c1)C1CCC(F)(F)CC1. The van der Waals surface area contributed by atoms with Crippen LogP contribution in [0.4, 0.5) is 8.78 Å². The van der Waals surface area contributed by atoms with Crippen molar-refractivity contribution >= 4 is 0 Å². The highest BCUT2D eigenvalue weighted by Crippen LogP contribution is 2.41. The molecule has 0 radical (unpaired) electrons. The Morgan fingerprint density at radius 1 is 1.37 bits per heavy atom. The third kappa shape index (κ3) is 3.72. The summed E-state index contributed by atoms with van der Waals surface area (Å²) >= 11 is 0. The molecule has 106 valence electrons. The molecule has 1 aromatic rings. The molecule has 1 aliphatic carbocycles. The van der Waals surface area contributed by atoms with Gasteiger partial charge in [-0.2, -0.15) is 0 Å². The maximum atomic E-state index is 13.3. The average molecular weight is 268 g/mol. The van der Waals surface area contributed by atoms with Gasteiger partial charge in [0.25, 0.3) is 0 Å². The first-order valence-electron chi connectivity index (χ1n) is 7.04. The van der Waals surface area contributed by atoms with Crippen molar-refractivity contribution in [2.45, 2.75) is 51.5 Å². The summed E-state index contributed by atoms with van der Waals surface area (Å²) in [5.74, 6) is -2.18. The van der Waals surface area contributed by atoms with Crippen molar-refractivity contribution in [3.8, 4) is 0 Å². The Bertz CT molecular complexity index is 410. The van der Waals surface area contributed by atoms with Crippen LogP contribution in [-0.2, 0) is 0 Å². The molecule has 0 aromatic carbocycles. The van der Waals surface area contributed by atoms with Crippen LogP contribution in [0.3, 0.4) is 0 Å². The zero-order valence-corrected chi connectivity index (χ0v) is 11.6. The summed E-state index contributed by atoms with van der Waals surface area (Å²) in [6.45, 7) is 4.90. The number of nitrogens with zero attached hydrogens (tertiary/aromatic N) is 1. The van der Waals surface area contributed by atoms with Gasteiger partial charge in [-0.25, -0.2) is 8.78 Å². The normalized spacial score (nSPS) is 21.3. The molecular formula is C15H22F2N2. The molecule has 2 nitrogen and oxygen atoms in total. The first-order valence-corrected chi connectivity index (χ1v) is 7.04. The fraction of sp³-hybridized carbons (Fsp3) is 0.667. The number of nitrogens with one attached hydrogen (secondary N) is 1. The minimum Gasteiger partial charge on any atom is -0.310 e. The fourth-order valence-electron chi connectivity index (χ4n) is 2.92. The predicted octanol–water partition coefficient (Wildman–Crippen LogP) is 3.87. The highest BCUT2D eigenvalue weighted by molar-refractivity contribution is 5.21. The number of alkyl halides is 2. The van der Waals surface area contributed by atoms with Crippen LogP contribution < -0.4 is 5.32 Å². The summed E-state index contributed by atoms with van der Waals surface area (Å²) in [4.78, 5) is 4.22. The molecule has 1 heterocycles. The number of rotatable bonds is 4. The summed E-state index contributed by atoms with van der Waals surface area (Å²) in [6.07, 6.45) is 4.86. The van der Waals surface area contributed by atoms with Gasteiger partial charge in [-0.1, -0.05) is 13.0 Å². The van der Waals surface area contributed by atoms with Crippen LogP contribution in [0.2, 0.25) is 0 Å². The predicted molar refractivity (Wildman–Crippen MR) is 72.3 cm³/mol. The second kappa shape index (κ2) is 5.95. The van der Waals surface area contributed by atoms with Gasteiger partial charge >= 0.3 is 0 Å². The van der Waals surface area contributed by atoms with E-state index in [-0.39, 0.29) is 24.8 Å². The molecule has 1 fully saturated rings. The van der Waals surface area contributed by atoms with E-state index in [4.69, 9.17) is 0 Å². The van der Waals surface area contributed by atoms with Crippen LogP contribution >= 0.6 is 0 Å². The van der Waals surface area contributed by atoms with Crippen molar-refractivity contribution in [3.05, 3.63) is 29.6 Å². The molecular weight excluding hydrogens is 246 g/mol. The first kappa shape index (κ1) is 14.4. The highest BCUT2D eigenvalue weighted by Gasteiger charge is 2.37. The lowest BCUT2D eigenvalue weighted by Crippen LogP contribution is -2.34. The Hall–Kier alpha value is -1.03. The number of hydrogen-bond acceptors (Lipinski definition) is 2. The van der Waals surface area contributed by atoms with Crippen molar-refractivity contribution in [2.75, 3.05) is 6.54 Å². The molecule has 1 aromatic heterocycles. The number of aromatic nitrogens is 1. The Balaban J connectivity index is 2.12. The Morgan fingerprint density at radius 3 is 2.63 bits per heavy atom. The molecule has 1 atom stereocenters. The fourth-order valence-corrected chi connectivity index (χ4v) is 2.92. The summed E-state index contributed by atoms with van der Waals surface area (Å²) < 4.78 is 26.5. The van der Waals surface area contributed by atoms with Crippen molar-refractivity contribution in [1.29, 1.82) is 0 Å². The van der Waals surface area contributed by atoms with Crippen molar-refractivity contribution in [3.63, 3.8) is 0 Å². The average Bonchev–Trinajstić information content (AvgIpc) is 2.36. The standard InChI is InChI=1S/C15H22F2N2/c1-3-19-14(13-8-11(2)9-18-10-13)12-4-6-15(16,17)7-5-12/h8-10,12,14,19H,3-7H2,1-2H3. The van der Waals surface area contributed by atoms with Crippen LogP contribution in [0.5, 0.6) is 0 Å². The Labute approximate surface area is 113 Å². The van der Waals surface area contributed by atoms with Gasteiger partial charge < -0.3 is 5.32 Å². The van der Waals surface area contributed by atoms with E-state index in [0.717, 1.165) is 17.7 Å². The number of aryl methyl sites for hydroxylation is 1. The minimum absolute atomic E-state index is 0.0127. The van der Waals surface area contributed by atoms with Gasteiger partial charge in [0.05, 0.1) is 0 Å². The summed E-state index contributed by atoms with van der Waals surface area (Å²) in [6, 6.07) is 2.25. The first-order chi connectivity index (χ1) is 9.02. The molecule has 1 saturated carbocycles. The molecule has 2 rings (SSSR count). The zero-order chi connectivity index (χ0) is 13.9. The Morgan fingerprint density at radius 2 is 2.05 bits per heavy atom. The maximum Gasteiger partial charge on any atom is 0.248 e. The number of pyridine rings is 1. The smallest absolute Gasteiger partial charge is 0.248 e. The van der Waals surface area contributed by atoms with Gasteiger partial charge in [0, 0.05) is 31.3 Å². The van der Waals surface area contributed by atoms with Crippen molar-refractivity contribution in [2.24, 2.45) is 5.92 Å². The largest absolute Gasteiger partial charge is 0.310 e. The monoisotopic (exact) mass is 268 g/mol. The molecule has 1 aliphatic rings. The third-order valence-corrected chi connectivity index (χ3v) is 3.91. The zero-order valence-electron chi connectivity index (χ0n) is 11.6. The van der Waals surface area contributed by atoms with Gasteiger partial charge in [-0.3, -0.25) is 4.98 Å². The van der Waals surface area contributed by atoms with Gasteiger partial charge in [-0.15, -0.1) is 0 Å². The van der Waals surface area contributed by atoms with Gasteiger partial charge in [-0.05, 0) is 43.4 Å². The van der Waals surface area contributed by atoms with Crippen LogP contribution in [0.15, 0.2) is 18.5 Å². The van der Waals surface area contributed by atoms with E-state index in [1.807, 2.05) is 26.2 Å². The van der Waals surface area contributed by atoms with Crippen molar-refractivity contribution < 1.29 is 8.78 Å². The van der Waals surface area contributed by atoms with E-state index in [1.54, 1.807) is 0 Å². The Kier molecular flexibility index (Phi) is 4.50. The van der Waals surface area contributed by atoms with E-state index in [1.165, 1.54) is 0 Å². The lowest BCUT2D eigenvalue weighted by molar-refractivity contribution is -0.0497. The lowest BCUT2D eigenvalue weighted by atomic mass is 9.80. The summed E-state index contributed by atoms with van der Waals surface area (Å²) in [7, 11) is 0. The van der Waals surface area contributed by atoms with E-state index >= 15 is 0 Å². The molecule has 4 heteroatoms. The van der Waals surface area contributed by atoms with Crippen molar-refractivity contribution in [1.82, 2.24) is 10.3 Å². The van der Waals surface area contributed by atoms with Crippen LogP contribution in [0.25, 0.3) is 0 Å². The van der Waals surface area contributed by atoms with E-state index in [0.29, 0.717) is 12.8 Å². The van der Waals surface area contributed by atoms with Gasteiger partial charge in [0.1, 0.15) is 0 Å². The highest BCUT2D eigenvalue weighted by atomic mass is 19.3. The van der Waals surface area contributed by atoms with E-state index in [9.17, 15) is 8.78 Å². The molecule has 0 bridgehead atoms. The van der Waals surface area contributed by atoms with E-state index < -0.39 is 5.92 Å². The maximum absolute atomic E-state index is 13.3. The third-order valence-electron chi connectivity index (χ3n) is 3.91. The minimum atomic E-state index is -2.46. The molecule has 19 heavy (non-hydrogen) atoms. The second-order valence-corrected chi connectivity index (χ2v) is 5.52. The van der Waals surface area contributed by atoms with Crippen LogP contribution in [0, 0.1) is 12.8 Å². The van der Waals surface area contributed by atoms with Crippen LogP contribution in [0.1, 0.15) is 49.8 Å². The summed E-state index contributed by atoms with van der Waals surface area (Å²) in [5.41, 5.74) is 2.23. The quantitative estimate of drug-likeness (QED) is 0.896. The molecule has 0 aliphatic heterocycles. The van der Waals surface area contributed by atoms with Gasteiger partial charge in [0.2, 0.25) is 5.92 Å². The van der Waals surface area contributed by atoms with Gasteiger partial charge in [0.15, 0.2) is 0 Å². The molecule has 1 N–H and O–H groups in total. The number of halogens is 2. The molecule has 0 spiro atoms. The molecule has 0 saturated heterocycles. The second-order valence-electron chi connectivity index (χ2n) is 5.52. The van der Waals surface area contributed by atoms with E-state index in [2.05, 4.69) is 16.4 Å². The van der Waals surface area contributed by atoms with Crippen LogP contribution in [-0.4, -0.2) is 17.5 Å². The number of hydrogen-bond donors (Lipinski definition) is 1. The molecule has 0 amide bonds. The lowest BCUT2D eigenvalue weighted by Gasteiger charge is -2.34.